The first kappa shape index (κ1) is 12.0. The molecular formula is C5H4Br2F3NO. The van der Waals surface area contributed by atoms with Crippen molar-refractivity contribution in [2.24, 2.45) is 0 Å². The Morgan fingerprint density at radius 2 is 2.00 bits per heavy atom. The second kappa shape index (κ2) is 4.86. The lowest BCUT2D eigenvalue weighted by atomic mass is 10.5. The number of rotatable bonds is 2. The highest BCUT2D eigenvalue weighted by molar-refractivity contribution is 9.14. The highest BCUT2D eigenvalue weighted by Gasteiger charge is 2.38. The summed E-state index contributed by atoms with van der Waals surface area (Å²) in [5.41, 5.74) is 0. The van der Waals surface area contributed by atoms with Crippen molar-refractivity contribution in [3.05, 3.63) is 9.47 Å². The maximum absolute atomic E-state index is 11.5. The van der Waals surface area contributed by atoms with Crippen LogP contribution in [0, 0.1) is 0 Å². The molecule has 0 saturated heterocycles. The van der Waals surface area contributed by atoms with Gasteiger partial charge < -0.3 is 5.32 Å². The van der Waals surface area contributed by atoms with E-state index in [2.05, 4.69) is 31.9 Å². The van der Waals surface area contributed by atoms with Crippen molar-refractivity contribution in [1.29, 1.82) is 0 Å². The molecule has 0 aromatic rings. The lowest BCUT2D eigenvalue weighted by Gasteiger charge is -2.06. The van der Waals surface area contributed by atoms with Gasteiger partial charge in [0.2, 0.25) is 0 Å². The van der Waals surface area contributed by atoms with Gasteiger partial charge in [-0.05, 0) is 4.99 Å². The third-order valence-electron chi connectivity index (χ3n) is 0.794. The Labute approximate surface area is 83.5 Å². The van der Waals surface area contributed by atoms with Crippen LogP contribution in [0.3, 0.4) is 0 Å². The zero-order valence-corrected chi connectivity index (χ0v) is 8.75. The van der Waals surface area contributed by atoms with Crippen LogP contribution in [0.2, 0.25) is 0 Å². The van der Waals surface area contributed by atoms with Crippen LogP contribution in [-0.4, -0.2) is 18.6 Å². The Hall–Kier alpha value is -0.0400. The van der Waals surface area contributed by atoms with Crippen LogP contribution in [0.1, 0.15) is 0 Å². The predicted octanol–water partition coefficient (Wildman–Crippen LogP) is 2.30. The van der Waals surface area contributed by atoms with Crippen LogP contribution in [0.5, 0.6) is 0 Å². The van der Waals surface area contributed by atoms with Gasteiger partial charge in [-0.2, -0.15) is 13.2 Å². The van der Waals surface area contributed by atoms with Crippen molar-refractivity contribution >= 4 is 37.8 Å². The Morgan fingerprint density at radius 1 is 1.50 bits per heavy atom. The minimum Gasteiger partial charge on any atom is -0.344 e. The predicted molar refractivity (Wildman–Crippen MR) is 45.0 cm³/mol. The molecule has 0 saturated carbocycles. The molecule has 0 aromatic heterocycles. The Morgan fingerprint density at radius 3 is 2.33 bits per heavy atom. The molecule has 0 spiro atoms. The van der Waals surface area contributed by atoms with Gasteiger partial charge in [0, 0.05) is 4.48 Å². The maximum Gasteiger partial charge on any atom is 0.471 e. The van der Waals surface area contributed by atoms with E-state index in [0.717, 1.165) is 0 Å². The van der Waals surface area contributed by atoms with E-state index >= 15 is 0 Å². The van der Waals surface area contributed by atoms with Crippen molar-refractivity contribution < 1.29 is 18.0 Å². The minimum atomic E-state index is -4.82. The molecular weight excluding hydrogens is 307 g/mol. The van der Waals surface area contributed by atoms with Crippen LogP contribution in [0.4, 0.5) is 13.2 Å². The summed E-state index contributed by atoms with van der Waals surface area (Å²) in [6.45, 7) is -0.191. The van der Waals surface area contributed by atoms with E-state index in [1.807, 2.05) is 0 Å². The second-order valence-electron chi connectivity index (χ2n) is 1.74. The highest BCUT2D eigenvalue weighted by Crippen LogP contribution is 2.14. The molecule has 70 valence electrons. The summed E-state index contributed by atoms with van der Waals surface area (Å²) < 4.78 is 35.1. The Kier molecular flexibility index (Phi) is 4.84. The van der Waals surface area contributed by atoms with Crippen molar-refractivity contribution in [1.82, 2.24) is 5.32 Å². The average Bonchev–Trinajstić information content (AvgIpc) is 1.97. The lowest BCUT2D eigenvalue weighted by Crippen LogP contribution is -2.37. The summed E-state index contributed by atoms with van der Waals surface area (Å²) in [5, 5.41) is 1.66. The largest absolute Gasteiger partial charge is 0.471 e. The highest BCUT2D eigenvalue weighted by atomic mass is 79.9. The molecule has 7 heteroatoms. The van der Waals surface area contributed by atoms with Crippen LogP contribution < -0.4 is 5.32 Å². The number of amides is 1. The number of carbonyl (C=O) groups excluding carboxylic acids is 1. The molecule has 1 amide bonds. The van der Waals surface area contributed by atoms with Crippen molar-refractivity contribution in [3.8, 4) is 0 Å². The third-order valence-corrected chi connectivity index (χ3v) is 2.47. The first-order valence-electron chi connectivity index (χ1n) is 2.67. The first-order valence-corrected chi connectivity index (χ1v) is 4.38. The van der Waals surface area contributed by atoms with Gasteiger partial charge in [0.15, 0.2) is 0 Å². The Bertz CT molecular complexity index is 201. The molecule has 0 aliphatic heterocycles. The smallest absolute Gasteiger partial charge is 0.344 e. The number of halogens is 5. The van der Waals surface area contributed by atoms with Crippen molar-refractivity contribution in [2.45, 2.75) is 6.18 Å². The summed E-state index contributed by atoms with van der Waals surface area (Å²) in [7, 11) is 0. The molecule has 2 nitrogen and oxygen atoms in total. The van der Waals surface area contributed by atoms with Crippen molar-refractivity contribution in [2.75, 3.05) is 6.54 Å². The summed E-state index contributed by atoms with van der Waals surface area (Å²) in [5.74, 6) is -1.95. The molecule has 12 heavy (non-hydrogen) atoms. The molecule has 0 radical (unpaired) electrons. The molecule has 0 aliphatic carbocycles. The van der Waals surface area contributed by atoms with Gasteiger partial charge in [0.25, 0.3) is 0 Å². The zero-order valence-electron chi connectivity index (χ0n) is 5.58. The van der Waals surface area contributed by atoms with Gasteiger partial charge >= 0.3 is 12.1 Å². The zero-order chi connectivity index (χ0) is 9.78. The topological polar surface area (TPSA) is 29.1 Å². The van der Waals surface area contributed by atoms with Gasteiger partial charge in [-0.15, -0.1) is 0 Å². The first-order chi connectivity index (χ1) is 5.38. The fourth-order valence-electron chi connectivity index (χ4n) is 0.304. The number of hydrogen-bond donors (Lipinski definition) is 1. The number of hydrogen-bond acceptors (Lipinski definition) is 1. The monoisotopic (exact) mass is 309 g/mol. The van der Waals surface area contributed by atoms with E-state index in [1.54, 1.807) is 5.32 Å². The fourth-order valence-corrected chi connectivity index (χ4v) is 0.606. The van der Waals surface area contributed by atoms with Gasteiger partial charge in [-0.3, -0.25) is 4.79 Å². The average molecular weight is 311 g/mol. The van der Waals surface area contributed by atoms with Gasteiger partial charge in [-0.1, -0.05) is 31.9 Å². The summed E-state index contributed by atoms with van der Waals surface area (Å²) in [6, 6.07) is 0. The van der Waals surface area contributed by atoms with Crippen LogP contribution in [0.25, 0.3) is 0 Å². The molecule has 0 fully saturated rings. The quantitative estimate of drug-likeness (QED) is 0.833. The maximum atomic E-state index is 11.5. The molecule has 0 rings (SSSR count). The molecule has 0 aromatic carbocycles. The molecule has 0 aliphatic rings. The Balaban J connectivity index is 3.89. The van der Waals surface area contributed by atoms with Crippen LogP contribution >= 0.6 is 31.9 Å². The minimum absolute atomic E-state index is 0.191. The standard InChI is InChI=1S/C5H4Br2F3NO/c6-1-3(7)2-11-4(12)5(8,9)10/h1H,2H2,(H,11,12)/b3-1+. The molecule has 0 unspecified atom stereocenters. The number of nitrogens with one attached hydrogen (secondary N) is 1. The molecule has 0 atom stereocenters. The SMILES string of the molecule is O=C(NC/C(Br)=C\Br)C(F)(F)F. The summed E-state index contributed by atoms with van der Waals surface area (Å²) in [4.78, 5) is 11.6. The van der Waals surface area contributed by atoms with Crippen LogP contribution in [-0.2, 0) is 4.79 Å². The molecule has 0 bridgehead atoms. The van der Waals surface area contributed by atoms with Gasteiger partial charge in [-0.25, -0.2) is 0 Å². The van der Waals surface area contributed by atoms with Crippen molar-refractivity contribution in [3.63, 3.8) is 0 Å². The van der Waals surface area contributed by atoms with E-state index in [4.69, 9.17) is 0 Å². The van der Waals surface area contributed by atoms with Gasteiger partial charge in [0.1, 0.15) is 0 Å². The normalized spacial score (nSPS) is 12.9. The van der Waals surface area contributed by atoms with E-state index in [0.29, 0.717) is 4.48 Å². The molecule has 0 heterocycles. The number of alkyl halides is 3. The fraction of sp³-hybridized carbons (Fsp3) is 0.400. The van der Waals surface area contributed by atoms with E-state index in [-0.39, 0.29) is 6.54 Å². The summed E-state index contributed by atoms with van der Waals surface area (Å²) >= 11 is 5.78. The summed E-state index contributed by atoms with van der Waals surface area (Å²) in [6.07, 6.45) is -4.82. The van der Waals surface area contributed by atoms with E-state index in [9.17, 15) is 18.0 Å². The molecule has 1 N–H and O–H groups in total. The van der Waals surface area contributed by atoms with E-state index in [1.165, 1.54) is 4.99 Å². The van der Waals surface area contributed by atoms with E-state index < -0.39 is 12.1 Å². The lowest BCUT2D eigenvalue weighted by molar-refractivity contribution is -0.173. The third kappa shape index (κ3) is 4.76. The van der Waals surface area contributed by atoms with Crippen LogP contribution in [0.15, 0.2) is 9.47 Å². The number of carbonyl (C=O) groups is 1. The second-order valence-corrected chi connectivity index (χ2v) is 3.21. The van der Waals surface area contributed by atoms with Gasteiger partial charge in [0.05, 0.1) is 6.54 Å².